The Morgan fingerprint density at radius 2 is 2.24 bits per heavy atom. The number of hydrogen-bond donors (Lipinski definition) is 2. The van der Waals surface area contributed by atoms with Crippen molar-refractivity contribution in [3.05, 3.63) is 35.4 Å². The van der Waals surface area contributed by atoms with Crippen molar-refractivity contribution in [3.63, 3.8) is 0 Å². The molecule has 0 unspecified atom stereocenters. The lowest BCUT2D eigenvalue weighted by molar-refractivity contribution is -0.123. The van der Waals surface area contributed by atoms with Crippen LogP contribution < -0.4 is 0 Å². The predicted octanol–water partition coefficient (Wildman–Crippen LogP) is 1.36. The Morgan fingerprint density at radius 1 is 1.48 bits per heavy atom. The van der Waals surface area contributed by atoms with Gasteiger partial charge in [-0.2, -0.15) is 10.4 Å². The van der Waals surface area contributed by atoms with E-state index < -0.39 is 11.7 Å². The van der Waals surface area contributed by atoms with Gasteiger partial charge in [0.25, 0.3) is 0 Å². The molecule has 7 heteroatoms. The van der Waals surface area contributed by atoms with E-state index in [9.17, 15) is 10.2 Å². The second kappa shape index (κ2) is 5.11. The molecule has 2 heterocycles. The minimum Gasteiger partial charge on any atom is -0.393 e. The van der Waals surface area contributed by atoms with Crippen LogP contribution in [0.4, 0.5) is 0 Å². The smallest absolute Gasteiger partial charge is 0.142 e. The van der Waals surface area contributed by atoms with Crippen molar-refractivity contribution in [2.24, 2.45) is 0 Å². The number of pyridine rings is 1. The third-order valence-corrected chi connectivity index (χ3v) is 3.88. The number of aromatic nitrogens is 3. The van der Waals surface area contributed by atoms with Gasteiger partial charge in [-0.05, 0) is 12.1 Å². The van der Waals surface area contributed by atoms with Crippen molar-refractivity contribution in [1.82, 2.24) is 14.8 Å². The molecule has 3 rings (SSSR count). The fourth-order valence-corrected chi connectivity index (χ4v) is 2.81. The highest BCUT2D eigenvalue weighted by molar-refractivity contribution is 6.32. The molecule has 21 heavy (non-hydrogen) atoms. The summed E-state index contributed by atoms with van der Waals surface area (Å²) in [6.45, 7) is 0.325. The van der Waals surface area contributed by atoms with Crippen molar-refractivity contribution < 1.29 is 10.2 Å². The van der Waals surface area contributed by atoms with E-state index >= 15 is 0 Å². The highest BCUT2D eigenvalue weighted by Gasteiger charge is 2.42. The average molecular weight is 305 g/mol. The standard InChI is InChI=1S/C14H13ClN4O2/c15-13-12(2-1-10(5-16)18-13)9-6-17-19(7-9)8-14(21)3-11(20)4-14/h1-2,6-7,11,20-21H,3-4,8H2. The first kappa shape index (κ1) is 14.0. The lowest BCUT2D eigenvalue weighted by Gasteiger charge is -2.40. The summed E-state index contributed by atoms with van der Waals surface area (Å²) in [7, 11) is 0. The topological polar surface area (TPSA) is 95.0 Å². The Morgan fingerprint density at radius 3 is 2.86 bits per heavy atom. The van der Waals surface area contributed by atoms with Gasteiger partial charge < -0.3 is 10.2 Å². The molecule has 0 aliphatic heterocycles. The molecular formula is C14H13ClN4O2. The van der Waals surface area contributed by atoms with Gasteiger partial charge in [-0.1, -0.05) is 11.6 Å². The second-order valence-electron chi connectivity index (χ2n) is 5.36. The summed E-state index contributed by atoms with van der Waals surface area (Å²) in [5.41, 5.74) is 0.812. The number of rotatable bonds is 3. The van der Waals surface area contributed by atoms with Crippen LogP contribution in [0.25, 0.3) is 11.1 Å². The molecule has 1 fully saturated rings. The first-order valence-corrected chi connectivity index (χ1v) is 6.87. The van der Waals surface area contributed by atoms with Crippen LogP contribution in [0.1, 0.15) is 18.5 Å². The van der Waals surface area contributed by atoms with Crippen LogP contribution in [0.3, 0.4) is 0 Å². The van der Waals surface area contributed by atoms with E-state index in [1.807, 2.05) is 6.07 Å². The summed E-state index contributed by atoms with van der Waals surface area (Å²) >= 11 is 6.06. The zero-order valence-electron chi connectivity index (χ0n) is 11.1. The Labute approximate surface area is 126 Å². The highest BCUT2D eigenvalue weighted by atomic mass is 35.5. The number of hydrogen-bond acceptors (Lipinski definition) is 5. The SMILES string of the molecule is N#Cc1ccc(-c2cnn(CC3(O)CC(O)C3)c2)c(Cl)n1. The number of aliphatic hydroxyl groups excluding tert-OH is 1. The van der Waals surface area contributed by atoms with E-state index in [0.29, 0.717) is 24.9 Å². The van der Waals surface area contributed by atoms with E-state index in [2.05, 4.69) is 10.1 Å². The Bertz CT molecular complexity index is 716. The van der Waals surface area contributed by atoms with Gasteiger partial charge in [0.2, 0.25) is 0 Å². The molecule has 0 atom stereocenters. The van der Waals surface area contributed by atoms with Gasteiger partial charge in [-0.3, -0.25) is 4.68 Å². The summed E-state index contributed by atoms with van der Waals surface area (Å²) in [6, 6.07) is 5.24. The average Bonchev–Trinajstić information content (AvgIpc) is 2.84. The summed E-state index contributed by atoms with van der Waals surface area (Å²) < 4.78 is 1.62. The number of nitriles is 1. The van der Waals surface area contributed by atoms with Crippen LogP contribution >= 0.6 is 11.6 Å². The Hall–Kier alpha value is -1.94. The molecule has 0 radical (unpaired) electrons. The molecule has 6 nitrogen and oxygen atoms in total. The zero-order chi connectivity index (χ0) is 15.0. The maximum atomic E-state index is 10.1. The summed E-state index contributed by atoms with van der Waals surface area (Å²) in [5, 5.41) is 32.6. The van der Waals surface area contributed by atoms with Crippen molar-refractivity contribution in [1.29, 1.82) is 5.26 Å². The van der Waals surface area contributed by atoms with E-state index in [4.69, 9.17) is 16.9 Å². The Kier molecular flexibility index (Phi) is 3.41. The monoisotopic (exact) mass is 304 g/mol. The number of aliphatic hydroxyl groups is 2. The van der Waals surface area contributed by atoms with Gasteiger partial charge in [0.15, 0.2) is 0 Å². The molecule has 0 aromatic carbocycles. The summed E-state index contributed by atoms with van der Waals surface area (Å²) in [5.74, 6) is 0. The van der Waals surface area contributed by atoms with Crippen LogP contribution in [-0.2, 0) is 6.54 Å². The fraction of sp³-hybridized carbons (Fsp3) is 0.357. The largest absolute Gasteiger partial charge is 0.393 e. The predicted molar refractivity (Wildman–Crippen MR) is 75.4 cm³/mol. The van der Waals surface area contributed by atoms with E-state index in [0.717, 1.165) is 5.56 Å². The highest BCUT2D eigenvalue weighted by Crippen LogP contribution is 2.34. The third-order valence-electron chi connectivity index (χ3n) is 3.60. The van der Waals surface area contributed by atoms with E-state index in [1.54, 1.807) is 29.2 Å². The van der Waals surface area contributed by atoms with Crippen LogP contribution in [-0.4, -0.2) is 36.7 Å². The number of halogens is 1. The minimum atomic E-state index is -0.893. The lowest BCUT2D eigenvalue weighted by atomic mass is 9.77. The van der Waals surface area contributed by atoms with Crippen LogP contribution in [0.15, 0.2) is 24.5 Å². The molecule has 1 saturated carbocycles. The molecular weight excluding hydrogens is 292 g/mol. The van der Waals surface area contributed by atoms with Crippen molar-refractivity contribution in [2.75, 3.05) is 0 Å². The zero-order valence-corrected chi connectivity index (χ0v) is 11.8. The molecule has 2 N–H and O–H groups in total. The molecule has 2 aromatic rings. The number of nitrogens with zero attached hydrogens (tertiary/aromatic N) is 4. The van der Waals surface area contributed by atoms with Crippen LogP contribution in [0, 0.1) is 11.3 Å². The third kappa shape index (κ3) is 2.76. The van der Waals surface area contributed by atoms with Crippen molar-refractivity contribution >= 4 is 11.6 Å². The second-order valence-corrected chi connectivity index (χ2v) is 5.72. The molecule has 2 aromatic heterocycles. The van der Waals surface area contributed by atoms with Crippen molar-refractivity contribution in [3.8, 4) is 17.2 Å². The van der Waals surface area contributed by atoms with Crippen LogP contribution in [0.2, 0.25) is 5.15 Å². The quantitative estimate of drug-likeness (QED) is 0.835. The molecule has 1 aliphatic carbocycles. The van der Waals surface area contributed by atoms with E-state index in [-0.39, 0.29) is 10.8 Å². The summed E-state index contributed by atoms with van der Waals surface area (Å²) in [6.07, 6.45) is 3.69. The molecule has 0 saturated heterocycles. The maximum absolute atomic E-state index is 10.1. The molecule has 1 aliphatic rings. The molecule has 0 amide bonds. The molecule has 108 valence electrons. The van der Waals surface area contributed by atoms with Crippen molar-refractivity contribution in [2.45, 2.75) is 31.1 Å². The van der Waals surface area contributed by atoms with Gasteiger partial charge in [0.1, 0.15) is 16.9 Å². The van der Waals surface area contributed by atoms with Gasteiger partial charge in [-0.25, -0.2) is 4.98 Å². The van der Waals surface area contributed by atoms with Gasteiger partial charge >= 0.3 is 0 Å². The first-order valence-electron chi connectivity index (χ1n) is 6.49. The van der Waals surface area contributed by atoms with E-state index in [1.165, 1.54) is 0 Å². The fourth-order valence-electron chi connectivity index (χ4n) is 2.55. The summed E-state index contributed by atoms with van der Waals surface area (Å²) in [4.78, 5) is 3.97. The van der Waals surface area contributed by atoms with Gasteiger partial charge in [0.05, 0.1) is 24.4 Å². The first-order chi connectivity index (χ1) is 9.99. The van der Waals surface area contributed by atoms with Gasteiger partial charge in [-0.15, -0.1) is 0 Å². The van der Waals surface area contributed by atoms with Gasteiger partial charge in [0, 0.05) is 30.2 Å². The lowest BCUT2D eigenvalue weighted by Crippen LogP contribution is -2.50. The Balaban J connectivity index is 1.81. The maximum Gasteiger partial charge on any atom is 0.142 e. The minimum absolute atomic E-state index is 0.242. The molecule has 0 bridgehead atoms. The molecule has 0 spiro atoms. The van der Waals surface area contributed by atoms with Crippen LogP contribution in [0.5, 0.6) is 0 Å². The normalized spacial score (nSPS) is 24.4.